The van der Waals surface area contributed by atoms with Crippen molar-refractivity contribution in [3.8, 4) is 5.75 Å². The van der Waals surface area contributed by atoms with Gasteiger partial charge in [0.1, 0.15) is 12.3 Å². The summed E-state index contributed by atoms with van der Waals surface area (Å²) in [4.78, 5) is 17.1. The van der Waals surface area contributed by atoms with E-state index in [4.69, 9.17) is 9.15 Å². The smallest absolute Gasteiger partial charge is 0.275 e. The van der Waals surface area contributed by atoms with Crippen LogP contribution in [0.2, 0.25) is 0 Å². The zero-order chi connectivity index (χ0) is 21.6. The summed E-state index contributed by atoms with van der Waals surface area (Å²) in [6.07, 6.45) is 3.70. The number of ether oxygens (including phenoxy) is 1. The Morgan fingerprint density at radius 3 is 2.68 bits per heavy atom. The van der Waals surface area contributed by atoms with Crippen LogP contribution in [0.25, 0.3) is 10.9 Å². The molecule has 31 heavy (non-hydrogen) atoms. The quantitative estimate of drug-likeness (QED) is 0.391. The van der Waals surface area contributed by atoms with Crippen molar-refractivity contribution in [2.45, 2.75) is 12.5 Å². The summed E-state index contributed by atoms with van der Waals surface area (Å²) in [7, 11) is 3.65. The first-order valence-corrected chi connectivity index (χ1v) is 10.4. The summed E-state index contributed by atoms with van der Waals surface area (Å²) in [5.41, 5.74) is 3.38. The maximum atomic E-state index is 12.7. The molecule has 1 unspecified atom stereocenters. The lowest BCUT2D eigenvalue weighted by atomic mass is 9.90. The topological polar surface area (TPSA) is 71.7 Å². The van der Waals surface area contributed by atoms with Crippen molar-refractivity contribution < 1.29 is 18.8 Å². The van der Waals surface area contributed by atoms with Gasteiger partial charge < -0.3 is 24.4 Å². The molecule has 0 saturated heterocycles. The van der Waals surface area contributed by atoms with Crippen LogP contribution in [0.5, 0.6) is 5.75 Å². The summed E-state index contributed by atoms with van der Waals surface area (Å²) in [6, 6.07) is 20.1. The van der Waals surface area contributed by atoms with Crippen LogP contribution in [-0.2, 0) is 11.3 Å². The third-order valence-electron chi connectivity index (χ3n) is 5.54. The number of carbonyl (C=O) groups excluding carboxylic acids is 1. The van der Waals surface area contributed by atoms with Gasteiger partial charge in [-0.1, -0.05) is 30.3 Å². The van der Waals surface area contributed by atoms with Crippen LogP contribution in [0.1, 0.15) is 22.8 Å². The lowest BCUT2D eigenvalue weighted by Gasteiger charge is -2.19. The predicted octanol–water partition coefficient (Wildman–Crippen LogP) is 2.73. The average Bonchev–Trinajstić information content (AvgIpc) is 3.44. The summed E-state index contributed by atoms with van der Waals surface area (Å²) in [6.45, 7) is 1.57. The number of quaternary nitrogens is 1. The van der Waals surface area contributed by atoms with E-state index in [0.29, 0.717) is 19.6 Å². The van der Waals surface area contributed by atoms with Crippen LogP contribution in [0.3, 0.4) is 0 Å². The molecule has 6 nitrogen and oxygen atoms in total. The molecular weight excluding hydrogens is 390 g/mol. The van der Waals surface area contributed by atoms with Crippen molar-refractivity contribution in [1.82, 2.24) is 10.3 Å². The first kappa shape index (κ1) is 20.8. The standard InChI is InChI=1S/C25H27N3O3/c1-28(16-20-6-5-13-31-20)17-25(29)27-14-22(18-9-11-19(30-2)12-10-18)23-15-26-24-8-4-3-7-21(23)24/h3-13,15,22,26H,14,16-17H2,1-2H3,(H,27,29)/p+1/t22-/m1/s1. The number of furan rings is 1. The Labute approximate surface area is 181 Å². The first-order valence-electron chi connectivity index (χ1n) is 10.4. The minimum atomic E-state index is 0.0161. The van der Waals surface area contributed by atoms with Gasteiger partial charge in [-0.05, 0) is 41.5 Å². The highest BCUT2D eigenvalue weighted by atomic mass is 16.5. The molecule has 0 spiro atoms. The SMILES string of the molecule is COc1ccc([C@@H](CNC(=O)C[NH+](C)Cc2ccco2)c2c[nH]c3ccccc23)cc1. The number of hydrogen-bond acceptors (Lipinski definition) is 3. The Bertz CT molecular complexity index is 1120. The molecule has 0 aliphatic heterocycles. The van der Waals surface area contributed by atoms with E-state index in [2.05, 4.69) is 34.6 Å². The Morgan fingerprint density at radius 2 is 1.94 bits per heavy atom. The molecule has 0 fully saturated rings. The van der Waals surface area contributed by atoms with Gasteiger partial charge in [-0.2, -0.15) is 0 Å². The lowest BCUT2D eigenvalue weighted by molar-refractivity contribution is -0.886. The number of amides is 1. The van der Waals surface area contributed by atoms with E-state index in [9.17, 15) is 4.79 Å². The molecule has 6 heteroatoms. The van der Waals surface area contributed by atoms with Crippen molar-refractivity contribution >= 4 is 16.8 Å². The zero-order valence-electron chi connectivity index (χ0n) is 17.9. The van der Waals surface area contributed by atoms with E-state index >= 15 is 0 Å². The van der Waals surface area contributed by atoms with Gasteiger partial charge in [0.2, 0.25) is 0 Å². The summed E-state index contributed by atoms with van der Waals surface area (Å²) < 4.78 is 10.7. The van der Waals surface area contributed by atoms with Crippen LogP contribution in [0, 0.1) is 0 Å². The molecule has 2 aromatic heterocycles. The molecule has 3 N–H and O–H groups in total. The molecule has 0 aliphatic rings. The van der Waals surface area contributed by atoms with E-state index in [1.165, 1.54) is 0 Å². The highest BCUT2D eigenvalue weighted by Gasteiger charge is 2.20. The maximum Gasteiger partial charge on any atom is 0.275 e. The minimum absolute atomic E-state index is 0.0161. The number of hydrogen-bond donors (Lipinski definition) is 3. The molecule has 0 bridgehead atoms. The number of rotatable bonds is 9. The second-order valence-corrected chi connectivity index (χ2v) is 7.81. The number of benzene rings is 2. The van der Waals surface area contributed by atoms with E-state index in [1.807, 2.05) is 49.6 Å². The largest absolute Gasteiger partial charge is 0.497 e. The molecule has 4 rings (SSSR count). The van der Waals surface area contributed by atoms with Crippen LogP contribution in [0.15, 0.2) is 77.5 Å². The fraction of sp³-hybridized carbons (Fsp3) is 0.240. The fourth-order valence-electron chi connectivity index (χ4n) is 3.95. The van der Waals surface area contributed by atoms with Crippen LogP contribution < -0.4 is 15.0 Å². The number of H-pyrrole nitrogens is 1. The highest BCUT2D eigenvalue weighted by molar-refractivity contribution is 5.84. The number of para-hydroxylation sites is 1. The van der Waals surface area contributed by atoms with Gasteiger partial charge in [0.25, 0.3) is 5.91 Å². The van der Waals surface area contributed by atoms with Crippen molar-refractivity contribution in [2.24, 2.45) is 0 Å². The average molecular weight is 419 g/mol. The molecule has 0 saturated carbocycles. The number of nitrogens with one attached hydrogen (secondary N) is 3. The molecule has 2 atom stereocenters. The Balaban J connectivity index is 1.49. The first-order chi connectivity index (χ1) is 15.1. The number of aromatic nitrogens is 1. The number of likely N-dealkylation sites (N-methyl/N-ethyl adjacent to an activating group) is 1. The monoisotopic (exact) mass is 418 g/mol. The third kappa shape index (κ3) is 4.98. The van der Waals surface area contributed by atoms with Gasteiger partial charge in [0.05, 0.1) is 20.4 Å². The predicted molar refractivity (Wildman–Crippen MR) is 120 cm³/mol. The third-order valence-corrected chi connectivity index (χ3v) is 5.54. The van der Waals surface area contributed by atoms with Gasteiger partial charge in [-0.3, -0.25) is 4.79 Å². The number of carbonyl (C=O) groups is 1. The van der Waals surface area contributed by atoms with Crippen LogP contribution in [-0.4, -0.2) is 38.1 Å². The van der Waals surface area contributed by atoms with E-state index in [0.717, 1.165) is 38.4 Å². The van der Waals surface area contributed by atoms with Gasteiger partial charge in [-0.25, -0.2) is 0 Å². The van der Waals surface area contributed by atoms with E-state index < -0.39 is 0 Å². The second-order valence-electron chi connectivity index (χ2n) is 7.81. The van der Waals surface area contributed by atoms with Crippen molar-refractivity contribution in [3.63, 3.8) is 0 Å². The second kappa shape index (κ2) is 9.53. The van der Waals surface area contributed by atoms with Gasteiger partial charge in [-0.15, -0.1) is 0 Å². The normalized spacial score (nSPS) is 13.1. The summed E-state index contributed by atoms with van der Waals surface area (Å²) >= 11 is 0. The van der Waals surface area contributed by atoms with E-state index in [1.54, 1.807) is 13.4 Å². The molecule has 0 radical (unpaired) electrons. The maximum absolute atomic E-state index is 12.7. The summed E-state index contributed by atoms with van der Waals surface area (Å²) in [5.74, 6) is 1.73. The molecule has 4 aromatic rings. The number of aromatic amines is 1. The minimum Gasteiger partial charge on any atom is -0.497 e. The van der Waals surface area contributed by atoms with Gasteiger partial charge in [0, 0.05) is 29.6 Å². The highest BCUT2D eigenvalue weighted by Crippen LogP contribution is 2.31. The number of methoxy groups -OCH3 is 1. The molecule has 2 aromatic carbocycles. The molecule has 160 valence electrons. The molecule has 1 amide bonds. The molecule has 2 heterocycles. The molecule has 0 aliphatic carbocycles. The Morgan fingerprint density at radius 1 is 1.13 bits per heavy atom. The van der Waals surface area contributed by atoms with Crippen molar-refractivity contribution in [3.05, 3.63) is 90.0 Å². The Hall–Kier alpha value is -3.51. The van der Waals surface area contributed by atoms with Gasteiger partial charge in [0.15, 0.2) is 12.3 Å². The van der Waals surface area contributed by atoms with E-state index in [-0.39, 0.29) is 11.8 Å². The summed E-state index contributed by atoms with van der Waals surface area (Å²) in [5, 5.41) is 4.30. The van der Waals surface area contributed by atoms with Crippen LogP contribution in [0.4, 0.5) is 0 Å². The zero-order valence-corrected chi connectivity index (χ0v) is 17.9. The van der Waals surface area contributed by atoms with Gasteiger partial charge >= 0.3 is 0 Å². The van der Waals surface area contributed by atoms with Crippen LogP contribution >= 0.6 is 0 Å². The lowest BCUT2D eigenvalue weighted by Crippen LogP contribution is -3.08. The number of fused-ring (bicyclic) bond motifs is 1. The molecular formula is C25H28N3O3+. The van der Waals surface area contributed by atoms with Crippen molar-refractivity contribution in [1.29, 1.82) is 0 Å². The van der Waals surface area contributed by atoms with Crippen molar-refractivity contribution in [2.75, 3.05) is 27.2 Å². The Kier molecular flexibility index (Phi) is 6.38. The fourth-order valence-corrected chi connectivity index (χ4v) is 3.95.